The van der Waals surface area contributed by atoms with Crippen LogP contribution in [0.1, 0.15) is 99.6 Å². The van der Waals surface area contributed by atoms with Crippen LogP contribution in [0.15, 0.2) is 73.8 Å². The summed E-state index contributed by atoms with van der Waals surface area (Å²) in [6.07, 6.45) is 8.34. The molecule has 4 heteroatoms. The van der Waals surface area contributed by atoms with Gasteiger partial charge in [-0.15, -0.1) is 0 Å². The Labute approximate surface area is 288 Å². The van der Waals surface area contributed by atoms with Crippen molar-refractivity contribution in [1.82, 2.24) is 0 Å². The Morgan fingerprint density at radius 2 is 0.979 bits per heavy atom. The summed E-state index contributed by atoms with van der Waals surface area (Å²) in [4.78, 5) is 0. The number of aryl methyl sites for hydroxylation is 4. The lowest BCUT2D eigenvalue weighted by Gasteiger charge is -2.20. The standard InChI is InChI=1S/C44H54O4/c1-9-11-13-15-33-25-39(45)43(37-23-31(7)17-19-35(37)29(3)4)41(27-33)47-21-22-48-42-28-34(16-14-12-10-2)26-40(46)44(42)38-24-32(8)18-20-36(38)30(5)6/h17-20,23-28,45-46H,3,5,9-16,21-22H2,1-2,4,6-8H3. The van der Waals surface area contributed by atoms with Crippen LogP contribution in [0, 0.1) is 13.8 Å². The maximum Gasteiger partial charge on any atom is 0.131 e. The van der Waals surface area contributed by atoms with Crippen LogP contribution in [-0.4, -0.2) is 23.4 Å². The highest BCUT2D eigenvalue weighted by Gasteiger charge is 2.20. The number of phenols is 2. The van der Waals surface area contributed by atoms with Crippen molar-refractivity contribution in [1.29, 1.82) is 0 Å². The fourth-order valence-corrected chi connectivity index (χ4v) is 6.31. The van der Waals surface area contributed by atoms with E-state index >= 15 is 0 Å². The second-order valence-corrected chi connectivity index (χ2v) is 13.2. The first-order valence-electron chi connectivity index (χ1n) is 17.5. The van der Waals surface area contributed by atoms with E-state index in [0.717, 1.165) is 107 Å². The molecule has 4 nitrogen and oxygen atoms in total. The van der Waals surface area contributed by atoms with Crippen molar-refractivity contribution in [2.45, 2.75) is 92.9 Å². The van der Waals surface area contributed by atoms with Gasteiger partial charge in [-0.1, -0.05) is 111 Å². The lowest BCUT2D eigenvalue weighted by atomic mass is 9.91. The first-order valence-corrected chi connectivity index (χ1v) is 17.5. The maximum atomic E-state index is 11.4. The number of benzene rings is 4. The van der Waals surface area contributed by atoms with Gasteiger partial charge in [0.25, 0.3) is 0 Å². The quantitative estimate of drug-likeness (QED) is 0.112. The highest BCUT2D eigenvalue weighted by atomic mass is 16.5. The third-order valence-corrected chi connectivity index (χ3v) is 8.83. The first kappa shape index (κ1) is 36.4. The van der Waals surface area contributed by atoms with E-state index < -0.39 is 0 Å². The fourth-order valence-electron chi connectivity index (χ4n) is 6.31. The molecule has 4 aromatic carbocycles. The molecule has 4 rings (SSSR count). The Kier molecular flexibility index (Phi) is 13.0. The van der Waals surface area contributed by atoms with Gasteiger partial charge in [0.05, 0.1) is 11.1 Å². The average molecular weight is 647 g/mol. The number of unbranched alkanes of at least 4 members (excludes halogenated alkanes) is 4. The van der Waals surface area contributed by atoms with Crippen molar-refractivity contribution in [3.05, 3.63) is 107 Å². The number of hydrogen-bond acceptors (Lipinski definition) is 4. The molecule has 0 aromatic heterocycles. The minimum absolute atomic E-state index is 0.201. The number of rotatable bonds is 17. The van der Waals surface area contributed by atoms with Crippen LogP contribution >= 0.6 is 0 Å². The number of hydrogen-bond donors (Lipinski definition) is 2. The van der Waals surface area contributed by atoms with Crippen LogP contribution in [0.4, 0.5) is 0 Å². The van der Waals surface area contributed by atoms with E-state index in [0.29, 0.717) is 22.6 Å². The number of allylic oxidation sites excluding steroid dienone is 2. The molecule has 0 amide bonds. The third kappa shape index (κ3) is 9.13. The van der Waals surface area contributed by atoms with Gasteiger partial charge in [-0.05, 0) is 111 Å². The molecule has 0 saturated carbocycles. The fraction of sp³-hybridized carbons (Fsp3) is 0.364. The highest BCUT2D eigenvalue weighted by molar-refractivity contribution is 5.88. The number of aromatic hydroxyl groups is 2. The van der Waals surface area contributed by atoms with Gasteiger partial charge in [-0.3, -0.25) is 0 Å². The van der Waals surface area contributed by atoms with Crippen molar-refractivity contribution < 1.29 is 19.7 Å². The predicted molar refractivity (Wildman–Crippen MR) is 203 cm³/mol. The third-order valence-electron chi connectivity index (χ3n) is 8.83. The van der Waals surface area contributed by atoms with Crippen molar-refractivity contribution in [3.8, 4) is 45.3 Å². The molecule has 4 aromatic rings. The highest BCUT2D eigenvalue weighted by Crippen LogP contribution is 2.44. The Balaban J connectivity index is 1.69. The molecule has 0 fully saturated rings. The van der Waals surface area contributed by atoms with Crippen LogP contribution < -0.4 is 9.47 Å². The molecule has 0 spiro atoms. The summed E-state index contributed by atoms with van der Waals surface area (Å²) in [6.45, 7) is 21.3. The normalized spacial score (nSPS) is 11.0. The molecule has 0 aliphatic rings. The zero-order chi connectivity index (χ0) is 34.8. The van der Waals surface area contributed by atoms with Crippen molar-refractivity contribution >= 4 is 11.1 Å². The molecule has 0 aliphatic carbocycles. The summed E-state index contributed by atoms with van der Waals surface area (Å²) in [5.74, 6) is 1.65. The summed E-state index contributed by atoms with van der Waals surface area (Å²) in [7, 11) is 0. The van der Waals surface area contributed by atoms with E-state index in [1.54, 1.807) is 0 Å². The number of phenolic OH excluding ortho intramolecular Hbond substituents is 2. The minimum atomic E-state index is 0.201. The zero-order valence-corrected chi connectivity index (χ0v) is 30.0. The van der Waals surface area contributed by atoms with E-state index in [4.69, 9.17) is 9.47 Å². The van der Waals surface area contributed by atoms with Crippen LogP contribution in [-0.2, 0) is 12.8 Å². The molecular weight excluding hydrogens is 592 g/mol. The largest absolute Gasteiger partial charge is 0.507 e. The van der Waals surface area contributed by atoms with E-state index in [-0.39, 0.29) is 24.7 Å². The SMILES string of the molecule is C=C(C)c1ccc(C)cc1-c1c(O)cc(CCCCC)cc1OCCOc1cc(CCCCC)cc(O)c1-c1cc(C)ccc1C(=C)C. The molecule has 2 N–H and O–H groups in total. The minimum Gasteiger partial charge on any atom is -0.507 e. The molecule has 0 heterocycles. The zero-order valence-electron chi connectivity index (χ0n) is 30.0. The predicted octanol–water partition coefficient (Wildman–Crippen LogP) is 12.0. The lowest BCUT2D eigenvalue weighted by molar-refractivity contribution is 0.217. The van der Waals surface area contributed by atoms with Gasteiger partial charge in [0.1, 0.15) is 36.2 Å². The molecule has 48 heavy (non-hydrogen) atoms. The van der Waals surface area contributed by atoms with Gasteiger partial charge in [0.2, 0.25) is 0 Å². The molecule has 0 radical (unpaired) electrons. The molecule has 0 unspecified atom stereocenters. The average Bonchev–Trinajstić information content (AvgIpc) is 3.02. The van der Waals surface area contributed by atoms with E-state index in [1.807, 2.05) is 39.8 Å². The molecule has 0 atom stereocenters. The molecular formula is C44H54O4. The van der Waals surface area contributed by atoms with Crippen LogP contribution in [0.25, 0.3) is 33.4 Å². The summed E-state index contributed by atoms with van der Waals surface area (Å²) >= 11 is 0. The van der Waals surface area contributed by atoms with Crippen LogP contribution in [0.2, 0.25) is 0 Å². The molecule has 0 aliphatic heterocycles. The van der Waals surface area contributed by atoms with Gasteiger partial charge >= 0.3 is 0 Å². The monoisotopic (exact) mass is 646 g/mol. The molecule has 254 valence electrons. The summed E-state index contributed by atoms with van der Waals surface area (Å²) < 4.78 is 13.0. The summed E-state index contributed by atoms with van der Waals surface area (Å²) in [5.41, 5.74) is 11.2. The topological polar surface area (TPSA) is 58.9 Å². The van der Waals surface area contributed by atoms with E-state index in [2.05, 4.69) is 75.5 Å². The first-order chi connectivity index (χ1) is 23.0. The van der Waals surface area contributed by atoms with Crippen molar-refractivity contribution in [2.24, 2.45) is 0 Å². The van der Waals surface area contributed by atoms with Crippen LogP contribution in [0.3, 0.4) is 0 Å². The summed E-state index contributed by atoms with van der Waals surface area (Å²) in [6, 6.07) is 20.3. The Morgan fingerprint density at radius 3 is 1.33 bits per heavy atom. The van der Waals surface area contributed by atoms with Crippen molar-refractivity contribution in [2.75, 3.05) is 13.2 Å². The Morgan fingerprint density at radius 1 is 0.583 bits per heavy atom. The van der Waals surface area contributed by atoms with Gasteiger partial charge < -0.3 is 19.7 Å². The smallest absolute Gasteiger partial charge is 0.131 e. The number of ether oxygens (including phenoxy) is 2. The second kappa shape index (κ2) is 17.1. The second-order valence-electron chi connectivity index (χ2n) is 13.2. The molecule has 0 bridgehead atoms. The lowest BCUT2D eigenvalue weighted by Crippen LogP contribution is -2.11. The van der Waals surface area contributed by atoms with Crippen LogP contribution in [0.5, 0.6) is 23.0 Å². The molecule has 0 saturated heterocycles. The Hall–Kier alpha value is -4.44. The van der Waals surface area contributed by atoms with E-state index in [1.165, 1.54) is 0 Å². The van der Waals surface area contributed by atoms with Crippen molar-refractivity contribution in [3.63, 3.8) is 0 Å². The van der Waals surface area contributed by atoms with Gasteiger partial charge in [0, 0.05) is 0 Å². The van der Waals surface area contributed by atoms with Gasteiger partial charge in [-0.25, -0.2) is 0 Å². The maximum absolute atomic E-state index is 11.4. The Bertz CT molecular complexity index is 1620. The van der Waals surface area contributed by atoms with Gasteiger partial charge in [-0.2, -0.15) is 0 Å². The summed E-state index contributed by atoms with van der Waals surface area (Å²) in [5, 5.41) is 22.9. The van der Waals surface area contributed by atoms with Gasteiger partial charge in [0.15, 0.2) is 0 Å². The van der Waals surface area contributed by atoms with E-state index in [9.17, 15) is 10.2 Å².